The van der Waals surface area contributed by atoms with Gasteiger partial charge in [0.1, 0.15) is 0 Å². The van der Waals surface area contributed by atoms with Crippen LogP contribution in [0.5, 0.6) is 0 Å². The first-order valence-corrected chi connectivity index (χ1v) is 6.64. The average Bonchev–Trinajstić information content (AvgIpc) is 2.74. The summed E-state index contributed by atoms with van der Waals surface area (Å²) in [6, 6.07) is 13.8. The molecule has 4 heteroatoms. The number of fused-ring (bicyclic) bond motifs is 1. The van der Waals surface area contributed by atoms with E-state index in [1.165, 1.54) is 5.56 Å². The smallest absolute Gasteiger partial charge is 0.250 e. The molecule has 20 heavy (non-hydrogen) atoms. The normalized spacial score (nSPS) is 17.1. The fourth-order valence-corrected chi connectivity index (χ4v) is 2.89. The Labute approximate surface area is 118 Å². The minimum absolute atomic E-state index is 0.286. The van der Waals surface area contributed by atoms with Crippen molar-refractivity contribution < 1.29 is 4.79 Å². The summed E-state index contributed by atoms with van der Waals surface area (Å²) in [6.45, 7) is 2.14. The minimum atomic E-state index is -0.455. The number of hydrogen-bond donors (Lipinski definition) is 2. The molecule has 2 aromatic carbocycles. The van der Waals surface area contributed by atoms with E-state index >= 15 is 0 Å². The Balaban J connectivity index is 2.17. The number of amides is 1. The second kappa shape index (κ2) is 4.56. The van der Waals surface area contributed by atoms with E-state index in [2.05, 4.69) is 24.0 Å². The number of hydrogen-bond acceptors (Lipinski definition) is 3. The number of primary amides is 1. The van der Waals surface area contributed by atoms with Gasteiger partial charge >= 0.3 is 0 Å². The lowest BCUT2D eigenvalue weighted by Gasteiger charge is -2.27. The molecule has 3 rings (SSSR count). The maximum absolute atomic E-state index is 11.7. The topological polar surface area (TPSA) is 72.3 Å². The zero-order valence-corrected chi connectivity index (χ0v) is 11.3. The van der Waals surface area contributed by atoms with E-state index < -0.39 is 5.91 Å². The molecule has 1 aliphatic rings. The standard InChI is InChI=1S/C16H17N3O/c1-10-8-11-4-2-3-5-14(11)19(10)15-7-6-12(17)9-13(15)16(18)20/h2-7,9-10H,8,17H2,1H3,(H2,18,20). The lowest BCUT2D eigenvalue weighted by molar-refractivity contribution is 0.100. The molecule has 1 heterocycles. The summed E-state index contributed by atoms with van der Waals surface area (Å²) >= 11 is 0. The quantitative estimate of drug-likeness (QED) is 0.821. The molecule has 4 N–H and O–H groups in total. The molecule has 1 atom stereocenters. The summed E-state index contributed by atoms with van der Waals surface area (Å²) < 4.78 is 0. The molecular formula is C16H17N3O. The van der Waals surface area contributed by atoms with E-state index in [0.29, 0.717) is 11.3 Å². The van der Waals surface area contributed by atoms with Gasteiger partial charge in [0.05, 0.1) is 11.3 Å². The molecule has 2 aromatic rings. The van der Waals surface area contributed by atoms with Gasteiger partial charge in [0.2, 0.25) is 0 Å². The molecule has 0 saturated heterocycles. The maximum Gasteiger partial charge on any atom is 0.250 e. The van der Waals surface area contributed by atoms with Crippen molar-refractivity contribution in [1.29, 1.82) is 0 Å². The fraction of sp³-hybridized carbons (Fsp3) is 0.188. The summed E-state index contributed by atoms with van der Waals surface area (Å²) in [4.78, 5) is 13.9. The zero-order chi connectivity index (χ0) is 14.3. The third-order valence-electron chi connectivity index (χ3n) is 3.75. The number of para-hydroxylation sites is 1. The molecule has 0 aromatic heterocycles. The van der Waals surface area contributed by atoms with Crippen molar-refractivity contribution in [2.45, 2.75) is 19.4 Å². The molecule has 0 bridgehead atoms. The van der Waals surface area contributed by atoms with E-state index in [1.807, 2.05) is 18.2 Å². The second-order valence-corrected chi connectivity index (χ2v) is 5.19. The monoisotopic (exact) mass is 267 g/mol. The van der Waals surface area contributed by atoms with Gasteiger partial charge in [-0.05, 0) is 43.2 Å². The minimum Gasteiger partial charge on any atom is -0.399 e. The third kappa shape index (κ3) is 1.90. The molecular weight excluding hydrogens is 250 g/mol. The van der Waals surface area contributed by atoms with Crippen LogP contribution in [-0.2, 0) is 6.42 Å². The van der Waals surface area contributed by atoms with E-state index in [4.69, 9.17) is 11.5 Å². The first-order chi connectivity index (χ1) is 9.58. The molecule has 0 saturated carbocycles. The van der Waals surface area contributed by atoms with Crippen LogP contribution in [0.2, 0.25) is 0 Å². The predicted octanol–water partition coefficient (Wildman–Crippen LogP) is 2.45. The van der Waals surface area contributed by atoms with Crippen molar-refractivity contribution in [3.05, 3.63) is 53.6 Å². The van der Waals surface area contributed by atoms with Crippen LogP contribution in [0.15, 0.2) is 42.5 Å². The first kappa shape index (κ1) is 12.5. The molecule has 0 spiro atoms. The lowest BCUT2D eigenvalue weighted by Crippen LogP contribution is -2.27. The molecule has 0 aliphatic carbocycles. The largest absolute Gasteiger partial charge is 0.399 e. The van der Waals surface area contributed by atoms with Crippen molar-refractivity contribution in [3.8, 4) is 0 Å². The maximum atomic E-state index is 11.7. The van der Waals surface area contributed by atoms with Gasteiger partial charge < -0.3 is 16.4 Å². The SMILES string of the molecule is CC1Cc2ccccc2N1c1ccc(N)cc1C(N)=O. The van der Waals surface area contributed by atoms with Crippen LogP contribution in [0.4, 0.5) is 17.1 Å². The number of carbonyl (C=O) groups is 1. The zero-order valence-electron chi connectivity index (χ0n) is 11.3. The van der Waals surface area contributed by atoms with Crippen molar-refractivity contribution in [2.75, 3.05) is 10.6 Å². The Morgan fingerprint density at radius 3 is 2.70 bits per heavy atom. The molecule has 4 nitrogen and oxygen atoms in total. The van der Waals surface area contributed by atoms with E-state index in [9.17, 15) is 4.79 Å². The van der Waals surface area contributed by atoms with Gasteiger partial charge in [-0.3, -0.25) is 4.79 Å². The van der Waals surface area contributed by atoms with Crippen LogP contribution in [0.1, 0.15) is 22.8 Å². The number of nitrogens with zero attached hydrogens (tertiary/aromatic N) is 1. The van der Waals surface area contributed by atoms with Gasteiger partial charge in [-0.25, -0.2) is 0 Å². The Morgan fingerprint density at radius 2 is 1.95 bits per heavy atom. The van der Waals surface area contributed by atoms with Gasteiger partial charge in [0.25, 0.3) is 5.91 Å². The van der Waals surface area contributed by atoms with E-state index in [0.717, 1.165) is 17.8 Å². The first-order valence-electron chi connectivity index (χ1n) is 6.64. The van der Waals surface area contributed by atoms with Crippen LogP contribution < -0.4 is 16.4 Å². The predicted molar refractivity (Wildman–Crippen MR) is 81.1 cm³/mol. The van der Waals surface area contributed by atoms with Gasteiger partial charge in [0.15, 0.2) is 0 Å². The average molecular weight is 267 g/mol. The number of benzene rings is 2. The summed E-state index contributed by atoms with van der Waals surface area (Å²) in [7, 11) is 0. The van der Waals surface area contributed by atoms with Gasteiger partial charge in [-0.2, -0.15) is 0 Å². The number of anilines is 3. The van der Waals surface area contributed by atoms with Crippen LogP contribution in [-0.4, -0.2) is 11.9 Å². The van der Waals surface area contributed by atoms with Crippen molar-refractivity contribution >= 4 is 23.0 Å². The van der Waals surface area contributed by atoms with E-state index in [1.54, 1.807) is 12.1 Å². The Morgan fingerprint density at radius 1 is 1.20 bits per heavy atom. The Kier molecular flexibility index (Phi) is 2.86. The lowest BCUT2D eigenvalue weighted by atomic mass is 10.1. The molecule has 102 valence electrons. The Bertz CT molecular complexity index is 681. The van der Waals surface area contributed by atoms with Crippen molar-refractivity contribution in [3.63, 3.8) is 0 Å². The summed E-state index contributed by atoms with van der Waals surface area (Å²) in [5.41, 5.74) is 15.5. The second-order valence-electron chi connectivity index (χ2n) is 5.19. The molecule has 1 unspecified atom stereocenters. The molecule has 1 amide bonds. The third-order valence-corrected chi connectivity index (χ3v) is 3.75. The number of carbonyl (C=O) groups excluding carboxylic acids is 1. The highest BCUT2D eigenvalue weighted by Crippen LogP contribution is 2.39. The highest BCUT2D eigenvalue weighted by Gasteiger charge is 2.29. The number of nitrogen functional groups attached to an aromatic ring is 1. The summed E-state index contributed by atoms with van der Waals surface area (Å²) in [5, 5.41) is 0. The highest BCUT2D eigenvalue weighted by molar-refractivity contribution is 6.01. The summed E-state index contributed by atoms with van der Waals surface area (Å²) in [5.74, 6) is -0.455. The fourth-order valence-electron chi connectivity index (χ4n) is 2.89. The summed E-state index contributed by atoms with van der Waals surface area (Å²) in [6.07, 6.45) is 0.957. The Hall–Kier alpha value is -2.49. The van der Waals surface area contributed by atoms with Gasteiger partial charge in [-0.1, -0.05) is 18.2 Å². The van der Waals surface area contributed by atoms with Crippen molar-refractivity contribution in [2.24, 2.45) is 5.73 Å². The molecule has 0 radical (unpaired) electrons. The molecule has 1 aliphatic heterocycles. The molecule has 0 fully saturated rings. The van der Waals surface area contributed by atoms with Gasteiger partial charge in [0, 0.05) is 17.4 Å². The van der Waals surface area contributed by atoms with Crippen LogP contribution >= 0.6 is 0 Å². The highest BCUT2D eigenvalue weighted by atomic mass is 16.1. The van der Waals surface area contributed by atoms with Crippen molar-refractivity contribution in [1.82, 2.24) is 0 Å². The number of rotatable bonds is 2. The van der Waals surface area contributed by atoms with Gasteiger partial charge in [-0.15, -0.1) is 0 Å². The van der Waals surface area contributed by atoms with E-state index in [-0.39, 0.29) is 6.04 Å². The van der Waals surface area contributed by atoms with Crippen LogP contribution in [0.25, 0.3) is 0 Å². The van der Waals surface area contributed by atoms with Crippen LogP contribution in [0, 0.1) is 0 Å². The number of nitrogens with two attached hydrogens (primary N) is 2. The van der Waals surface area contributed by atoms with Crippen LogP contribution in [0.3, 0.4) is 0 Å².